The number of fused-ring (bicyclic) bond motifs is 2. The van der Waals surface area contributed by atoms with E-state index in [2.05, 4.69) is 20.9 Å². The van der Waals surface area contributed by atoms with Crippen LogP contribution in [0.1, 0.15) is 50.5 Å². The molecule has 290 valence electrons. The van der Waals surface area contributed by atoms with Crippen molar-refractivity contribution in [2.45, 2.75) is 44.9 Å². The molecule has 2 fully saturated rings. The summed E-state index contributed by atoms with van der Waals surface area (Å²) >= 11 is 0. The molecule has 17 heteroatoms. The summed E-state index contributed by atoms with van der Waals surface area (Å²) < 4.78 is 63.1. The lowest BCUT2D eigenvalue weighted by atomic mass is 9.91. The number of rotatable bonds is 14. The number of anilines is 2. The van der Waals surface area contributed by atoms with Gasteiger partial charge in [-0.05, 0) is 68.9 Å². The fourth-order valence-corrected chi connectivity index (χ4v) is 9.59. The molecule has 3 N–H and O–H groups in total. The molecule has 4 heterocycles. The van der Waals surface area contributed by atoms with Crippen molar-refractivity contribution < 1.29 is 46.9 Å². The summed E-state index contributed by atoms with van der Waals surface area (Å²) in [6.45, 7) is 2.31. The molecular weight excluding hydrogens is 739 g/mol. The highest BCUT2D eigenvalue weighted by Gasteiger charge is 2.32. The first-order chi connectivity index (χ1) is 25.9. The Hall–Kier alpha value is -4.18. The Labute approximate surface area is 313 Å². The monoisotopic (exact) mass is 785 g/mol. The predicted octanol–water partition coefficient (Wildman–Crippen LogP) is 6.86. The second-order valence-corrected chi connectivity index (χ2v) is 17.6. The van der Waals surface area contributed by atoms with Gasteiger partial charge in [-0.15, -0.1) is 0 Å². The van der Waals surface area contributed by atoms with Crippen LogP contribution in [0.2, 0.25) is 0 Å². The molecule has 2 aliphatic rings. The third-order valence-corrected chi connectivity index (χ3v) is 12.7. The van der Waals surface area contributed by atoms with E-state index in [1.807, 2.05) is 23.1 Å². The standard InChI is InChI=1S/C37H46FN5O9P2/c1-49-30-8-4-7-27-32(30)40-22-26(21-39)34(27)42-14-9-24(10-15-42)6-5-18-54(47,48)52-37-33-28(20-31(50-2)36(37)51-3)35(29(38)23-41-33)43-16-11-25(12-17-43)13-19-53(44,45)46/h4,7-8,20,22-25H,5-6,9-19H2,1-3H3,(H,47,48)(H2,44,45,46). The van der Waals surface area contributed by atoms with Crippen molar-refractivity contribution in [2.24, 2.45) is 11.8 Å². The van der Waals surface area contributed by atoms with Crippen LogP contribution in [0.15, 0.2) is 36.7 Å². The molecule has 14 nitrogen and oxygen atoms in total. The molecule has 0 saturated carbocycles. The summed E-state index contributed by atoms with van der Waals surface area (Å²) in [4.78, 5) is 42.6. The first-order valence-corrected chi connectivity index (χ1v) is 21.6. The highest BCUT2D eigenvalue weighted by Crippen LogP contribution is 2.53. The number of benzene rings is 2. The molecule has 1 atom stereocenters. The van der Waals surface area contributed by atoms with Crippen LogP contribution >= 0.6 is 15.2 Å². The number of piperidine rings is 2. The zero-order valence-corrected chi connectivity index (χ0v) is 32.4. The van der Waals surface area contributed by atoms with Gasteiger partial charge in [-0.1, -0.05) is 12.1 Å². The number of methoxy groups -OCH3 is 3. The normalized spacial score (nSPS) is 17.0. The third kappa shape index (κ3) is 8.69. The van der Waals surface area contributed by atoms with E-state index < -0.39 is 21.0 Å². The van der Waals surface area contributed by atoms with E-state index in [4.69, 9.17) is 18.7 Å². The van der Waals surface area contributed by atoms with Crippen LogP contribution in [0.4, 0.5) is 15.8 Å². The van der Waals surface area contributed by atoms with Gasteiger partial charge in [-0.2, -0.15) is 5.26 Å². The maximum atomic E-state index is 15.5. The van der Waals surface area contributed by atoms with Crippen molar-refractivity contribution >= 4 is 48.4 Å². The van der Waals surface area contributed by atoms with Crippen LogP contribution in [-0.2, 0) is 9.13 Å². The van der Waals surface area contributed by atoms with Gasteiger partial charge in [0.1, 0.15) is 22.9 Å². The fraction of sp³-hybridized carbons (Fsp3) is 0.486. The highest BCUT2D eigenvalue weighted by molar-refractivity contribution is 7.53. The number of halogens is 1. The molecule has 2 aromatic carbocycles. The number of para-hydroxylation sites is 1. The summed E-state index contributed by atoms with van der Waals surface area (Å²) in [6, 6.07) is 9.53. The van der Waals surface area contributed by atoms with E-state index in [0.717, 1.165) is 30.1 Å². The minimum Gasteiger partial charge on any atom is -0.494 e. The number of hydrogen-bond donors (Lipinski definition) is 3. The zero-order valence-electron chi connectivity index (χ0n) is 30.6. The van der Waals surface area contributed by atoms with Crippen molar-refractivity contribution in [2.75, 3.05) is 69.6 Å². The van der Waals surface area contributed by atoms with E-state index in [1.54, 1.807) is 19.4 Å². The second kappa shape index (κ2) is 16.7. The Bertz CT molecular complexity index is 2130. The van der Waals surface area contributed by atoms with Gasteiger partial charge in [-0.25, -0.2) is 13.9 Å². The summed E-state index contributed by atoms with van der Waals surface area (Å²) in [7, 11) is -3.99. The molecule has 0 amide bonds. The van der Waals surface area contributed by atoms with E-state index in [0.29, 0.717) is 86.4 Å². The minimum absolute atomic E-state index is 0.0610. The van der Waals surface area contributed by atoms with Gasteiger partial charge in [0.15, 0.2) is 11.6 Å². The van der Waals surface area contributed by atoms with Gasteiger partial charge < -0.3 is 43.2 Å². The summed E-state index contributed by atoms with van der Waals surface area (Å²) in [5.74, 6) is 0.570. The number of nitrogens with zero attached hydrogens (tertiary/aromatic N) is 5. The molecule has 0 aliphatic carbocycles. The predicted molar refractivity (Wildman–Crippen MR) is 204 cm³/mol. The van der Waals surface area contributed by atoms with Crippen molar-refractivity contribution in [3.05, 3.63) is 48.0 Å². The zero-order chi connectivity index (χ0) is 38.6. The topological polar surface area (TPSA) is 188 Å². The average Bonchev–Trinajstić information content (AvgIpc) is 3.16. The molecule has 54 heavy (non-hydrogen) atoms. The lowest BCUT2D eigenvalue weighted by Gasteiger charge is -2.35. The quantitative estimate of drug-likeness (QED) is 0.112. The van der Waals surface area contributed by atoms with Crippen LogP contribution in [0, 0.1) is 29.0 Å². The van der Waals surface area contributed by atoms with E-state index in [-0.39, 0.29) is 46.7 Å². The molecule has 2 aliphatic heterocycles. The average molecular weight is 786 g/mol. The Kier molecular flexibility index (Phi) is 12.2. The molecule has 2 saturated heterocycles. The lowest BCUT2D eigenvalue weighted by molar-refractivity contribution is 0.329. The number of aromatic nitrogens is 2. The first-order valence-electron chi connectivity index (χ1n) is 18.0. The van der Waals surface area contributed by atoms with Crippen LogP contribution in [0.25, 0.3) is 21.8 Å². The van der Waals surface area contributed by atoms with Gasteiger partial charge >= 0.3 is 15.2 Å². The molecule has 0 spiro atoms. The van der Waals surface area contributed by atoms with Gasteiger partial charge in [0.05, 0.1) is 56.8 Å². The smallest absolute Gasteiger partial charge is 0.376 e. The van der Waals surface area contributed by atoms with Gasteiger partial charge in [0.25, 0.3) is 0 Å². The largest absolute Gasteiger partial charge is 0.494 e. The lowest BCUT2D eigenvalue weighted by Crippen LogP contribution is -2.34. The maximum Gasteiger partial charge on any atom is 0.376 e. The van der Waals surface area contributed by atoms with Gasteiger partial charge in [0.2, 0.25) is 11.5 Å². The highest BCUT2D eigenvalue weighted by atomic mass is 31.2. The molecule has 2 aromatic heterocycles. The van der Waals surface area contributed by atoms with Crippen LogP contribution in [0.3, 0.4) is 0 Å². The van der Waals surface area contributed by atoms with E-state index in [1.165, 1.54) is 14.2 Å². The first kappa shape index (κ1) is 39.5. The van der Waals surface area contributed by atoms with Crippen molar-refractivity contribution in [1.82, 2.24) is 9.97 Å². The Morgan fingerprint density at radius 2 is 1.44 bits per heavy atom. The summed E-state index contributed by atoms with van der Waals surface area (Å²) in [5.41, 5.74) is 2.42. The molecule has 0 radical (unpaired) electrons. The van der Waals surface area contributed by atoms with E-state index >= 15 is 4.39 Å². The van der Waals surface area contributed by atoms with E-state index in [9.17, 15) is 29.1 Å². The second-order valence-electron chi connectivity index (χ2n) is 13.9. The fourth-order valence-electron chi connectivity index (χ4n) is 7.76. The Balaban J connectivity index is 1.14. The summed E-state index contributed by atoms with van der Waals surface area (Å²) in [6.07, 6.45) is 6.73. The Morgan fingerprint density at radius 1 is 0.815 bits per heavy atom. The van der Waals surface area contributed by atoms with Crippen molar-refractivity contribution in [3.8, 4) is 29.1 Å². The van der Waals surface area contributed by atoms with Gasteiger partial charge in [-0.3, -0.25) is 9.55 Å². The van der Waals surface area contributed by atoms with Gasteiger partial charge in [0, 0.05) is 43.1 Å². The van der Waals surface area contributed by atoms with Crippen LogP contribution in [0.5, 0.6) is 23.0 Å². The van der Waals surface area contributed by atoms with Crippen LogP contribution in [-0.4, -0.2) is 84.5 Å². The number of pyridine rings is 2. The van der Waals surface area contributed by atoms with Crippen LogP contribution < -0.4 is 28.5 Å². The number of ether oxygens (including phenoxy) is 3. The van der Waals surface area contributed by atoms with Crippen molar-refractivity contribution in [3.63, 3.8) is 0 Å². The SMILES string of the molecule is COc1cc2c(N3CCC(CCP(=O)(O)O)CC3)c(F)cnc2c(OP(=O)(O)CCCC2CCN(c3c(C#N)cnc4c(OC)cccc34)CC2)c1OC. The molecule has 4 aromatic rings. The molecule has 6 rings (SSSR count). The molecule has 1 unspecified atom stereocenters. The minimum atomic E-state index is -4.26. The third-order valence-electron chi connectivity index (χ3n) is 10.5. The summed E-state index contributed by atoms with van der Waals surface area (Å²) in [5, 5.41) is 11.0. The van der Waals surface area contributed by atoms with Crippen molar-refractivity contribution in [1.29, 1.82) is 5.26 Å². The Morgan fingerprint density at radius 3 is 2.06 bits per heavy atom. The maximum absolute atomic E-state index is 15.5. The number of hydrogen-bond acceptors (Lipinski definition) is 11. The molecular formula is C37H46FN5O9P2. The molecule has 0 bridgehead atoms. The number of nitriles is 1.